The van der Waals surface area contributed by atoms with Gasteiger partial charge >= 0.3 is 0 Å². The molecule has 0 aromatic heterocycles. The highest BCUT2D eigenvalue weighted by molar-refractivity contribution is 7.99. The standard InChI is InChI=1S/C8H15NS/c1-3-4-5-10-7-8(2)6-9/h8H,3-5,7H2,1-2H3. The quantitative estimate of drug-likeness (QED) is 0.573. The van der Waals surface area contributed by atoms with Gasteiger partial charge in [-0.3, -0.25) is 0 Å². The van der Waals surface area contributed by atoms with E-state index in [1.54, 1.807) is 0 Å². The smallest absolute Gasteiger partial charge is 0.0661 e. The minimum Gasteiger partial charge on any atom is -0.198 e. The van der Waals surface area contributed by atoms with Crippen LogP contribution in [0, 0.1) is 17.2 Å². The molecule has 0 rings (SSSR count). The maximum atomic E-state index is 8.43. The van der Waals surface area contributed by atoms with Crippen LogP contribution in [0.2, 0.25) is 0 Å². The van der Waals surface area contributed by atoms with Gasteiger partial charge in [0.2, 0.25) is 0 Å². The van der Waals surface area contributed by atoms with E-state index >= 15 is 0 Å². The van der Waals surface area contributed by atoms with Crippen molar-refractivity contribution < 1.29 is 0 Å². The van der Waals surface area contributed by atoms with Gasteiger partial charge in [0, 0.05) is 5.75 Å². The summed E-state index contributed by atoms with van der Waals surface area (Å²) in [7, 11) is 0. The first-order valence-electron chi connectivity index (χ1n) is 3.78. The third kappa shape index (κ3) is 5.97. The number of nitrogens with zero attached hydrogens (tertiary/aromatic N) is 1. The molecule has 1 nitrogen and oxygen atoms in total. The molecule has 0 N–H and O–H groups in total. The Balaban J connectivity index is 2.98. The molecule has 0 aliphatic rings. The molecule has 0 aromatic carbocycles. The van der Waals surface area contributed by atoms with E-state index in [4.69, 9.17) is 5.26 Å². The maximum Gasteiger partial charge on any atom is 0.0661 e. The van der Waals surface area contributed by atoms with Crippen LogP contribution in [0.1, 0.15) is 26.7 Å². The Morgan fingerprint density at radius 2 is 2.30 bits per heavy atom. The average Bonchev–Trinajstić information content (AvgIpc) is 1.98. The molecular formula is C8H15NS. The second kappa shape index (κ2) is 6.95. The molecule has 2 heteroatoms. The van der Waals surface area contributed by atoms with Gasteiger partial charge < -0.3 is 0 Å². The SMILES string of the molecule is CCCCSCC(C)C#N. The Labute approximate surface area is 67.8 Å². The number of unbranched alkanes of at least 4 members (excludes halogenated alkanes) is 1. The molecule has 0 bridgehead atoms. The van der Waals surface area contributed by atoms with Gasteiger partial charge in [-0.25, -0.2) is 0 Å². The highest BCUT2D eigenvalue weighted by Crippen LogP contribution is 2.09. The van der Waals surface area contributed by atoms with Gasteiger partial charge in [-0.1, -0.05) is 13.3 Å². The largest absolute Gasteiger partial charge is 0.198 e. The third-order valence-corrected chi connectivity index (χ3v) is 2.54. The van der Waals surface area contributed by atoms with Crippen LogP contribution in [0.5, 0.6) is 0 Å². The molecule has 0 heterocycles. The fourth-order valence-electron chi connectivity index (χ4n) is 0.544. The van der Waals surface area contributed by atoms with Gasteiger partial charge in [-0.15, -0.1) is 0 Å². The topological polar surface area (TPSA) is 23.8 Å². The zero-order valence-electron chi connectivity index (χ0n) is 6.76. The molecule has 0 spiro atoms. The lowest BCUT2D eigenvalue weighted by molar-refractivity contribution is 0.854. The number of rotatable bonds is 5. The summed E-state index contributed by atoms with van der Waals surface area (Å²) in [6, 6.07) is 2.22. The highest BCUT2D eigenvalue weighted by Gasteiger charge is 1.97. The zero-order chi connectivity index (χ0) is 7.82. The van der Waals surface area contributed by atoms with Crippen LogP contribution in [0.15, 0.2) is 0 Å². The summed E-state index contributed by atoms with van der Waals surface area (Å²) in [6.45, 7) is 4.16. The predicted octanol–water partition coefficient (Wildman–Crippen LogP) is 2.68. The van der Waals surface area contributed by atoms with Gasteiger partial charge in [-0.05, 0) is 19.1 Å². The molecule has 0 saturated heterocycles. The van der Waals surface area contributed by atoms with Crippen molar-refractivity contribution in [1.82, 2.24) is 0 Å². The molecule has 10 heavy (non-hydrogen) atoms. The second-order valence-electron chi connectivity index (χ2n) is 2.46. The summed E-state index contributed by atoms with van der Waals surface area (Å²) in [5.41, 5.74) is 0. The monoisotopic (exact) mass is 157 g/mol. The van der Waals surface area contributed by atoms with Crippen molar-refractivity contribution in [3.63, 3.8) is 0 Å². The maximum absolute atomic E-state index is 8.43. The van der Waals surface area contributed by atoms with Crippen LogP contribution in [-0.2, 0) is 0 Å². The Morgan fingerprint density at radius 1 is 1.60 bits per heavy atom. The average molecular weight is 157 g/mol. The first-order valence-corrected chi connectivity index (χ1v) is 4.94. The van der Waals surface area contributed by atoms with Crippen LogP contribution < -0.4 is 0 Å². The number of thioether (sulfide) groups is 1. The molecule has 0 aromatic rings. The van der Waals surface area contributed by atoms with Crippen LogP contribution >= 0.6 is 11.8 Å². The summed E-state index contributed by atoms with van der Waals surface area (Å²) in [5.74, 6) is 2.43. The van der Waals surface area contributed by atoms with E-state index in [1.807, 2.05) is 18.7 Å². The fraction of sp³-hybridized carbons (Fsp3) is 0.875. The van der Waals surface area contributed by atoms with Crippen molar-refractivity contribution in [3.05, 3.63) is 0 Å². The molecule has 0 fully saturated rings. The summed E-state index contributed by atoms with van der Waals surface area (Å²) in [5, 5.41) is 8.43. The van der Waals surface area contributed by atoms with Crippen molar-refractivity contribution in [2.75, 3.05) is 11.5 Å². The number of nitriles is 1. The van der Waals surface area contributed by atoms with E-state index in [-0.39, 0.29) is 5.92 Å². The van der Waals surface area contributed by atoms with E-state index in [2.05, 4.69) is 13.0 Å². The minimum atomic E-state index is 0.224. The lowest BCUT2D eigenvalue weighted by Crippen LogP contribution is -1.94. The van der Waals surface area contributed by atoms with Gasteiger partial charge in [0.05, 0.1) is 12.0 Å². The van der Waals surface area contributed by atoms with Crippen LogP contribution in [-0.4, -0.2) is 11.5 Å². The van der Waals surface area contributed by atoms with Crippen molar-refractivity contribution in [3.8, 4) is 6.07 Å². The lowest BCUT2D eigenvalue weighted by atomic mass is 10.3. The van der Waals surface area contributed by atoms with Crippen molar-refractivity contribution in [1.29, 1.82) is 5.26 Å². The van der Waals surface area contributed by atoms with E-state index in [1.165, 1.54) is 18.6 Å². The molecule has 1 atom stereocenters. The lowest BCUT2D eigenvalue weighted by Gasteiger charge is -1.99. The summed E-state index contributed by atoms with van der Waals surface area (Å²) < 4.78 is 0. The fourth-order valence-corrected chi connectivity index (χ4v) is 1.63. The molecule has 0 saturated carbocycles. The zero-order valence-corrected chi connectivity index (χ0v) is 7.58. The summed E-state index contributed by atoms with van der Waals surface area (Å²) >= 11 is 1.89. The molecule has 58 valence electrons. The van der Waals surface area contributed by atoms with Gasteiger partial charge in [-0.2, -0.15) is 17.0 Å². The highest BCUT2D eigenvalue weighted by atomic mass is 32.2. The van der Waals surface area contributed by atoms with Crippen molar-refractivity contribution in [2.24, 2.45) is 5.92 Å². The first kappa shape index (κ1) is 9.84. The Kier molecular flexibility index (Phi) is 6.84. The Hall–Kier alpha value is -0.160. The molecule has 0 amide bonds. The van der Waals surface area contributed by atoms with E-state index < -0.39 is 0 Å². The second-order valence-corrected chi connectivity index (χ2v) is 3.61. The Bertz CT molecular complexity index is 106. The molecule has 0 radical (unpaired) electrons. The first-order chi connectivity index (χ1) is 4.81. The van der Waals surface area contributed by atoms with E-state index in [0.717, 1.165) is 5.75 Å². The van der Waals surface area contributed by atoms with E-state index in [0.29, 0.717) is 0 Å². The Morgan fingerprint density at radius 3 is 2.80 bits per heavy atom. The number of hydrogen-bond donors (Lipinski definition) is 0. The molecule has 1 unspecified atom stereocenters. The van der Waals surface area contributed by atoms with Gasteiger partial charge in [0.1, 0.15) is 0 Å². The van der Waals surface area contributed by atoms with E-state index in [9.17, 15) is 0 Å². The van der Waals surface area contributed by atoms with Gasteiger partial charge in [0.15, 0.2) is 0 Å². The molecular weight excluding hydrogens is 142 g/mol. The van der Waals surface area contributed by atoms with Crippen LogP contribution in [0.3, 0.4) is 0 Å². The summed E-state index contributed by atoms with van der Waals surface area (Å²) in [4.78, 5) is 0. The van der Waals surface area contributed by atoms with Gasteiger partial charge in [0.25, 0.3) is 0 Å². The number of hydrogen-bond acceptors (Lipinski definition) is 2. The molecule has 0 aliphatic heterocycles. The minimum absolute atomic E-state index is 0.224. The predicted molar refractivity (Wildman–Crippen MR) is 47.0 cm³/mol. The van der Waals surface area contributed by atoms with Crippen molar-refractivity contribution >= 4 is 11.8 Å². The third-order valence-electron chi connectivity index (χ3n) is 1.23. The summed E-state index contributed by atoms with van der Waals surface area (Å²) in [6.07, 6.45) is 2.54. The molecule has 0 aliphatic carbocycles. The normalized spacial score (nSPS) is 12.5. The van der Waals surface area contributed by atoms with Crippen LogP contribution in [0.25, 0.3) is 0 Å². The van der Waals surface area contributed by atoms with Crippen LogP contribution in [0.4, 0.5) is 0 Å². The van der Waals surface area contributed by atoms with Crippen molar-refractivity contribution in [2.45, 2.75) is 26.7 Å².